The molecule has 0 unspecified atom stereocenters. The molecule has 1 aliphatic rings. The quantitative estimate of drug-likeness (QED) is 0.695. The van der Waals surface area contributed by atoms with Gasteiger partial charge in [-0.3, -0.25) is 19.1 Å². The van der Waals surface area contributed by atoms with Crippen LogP contribution in [0.5, 0.6) is 0 Å². The van der Waals surface area contributed by atoms with Gasteiger partial charge in [-0.25, -0.2) is 9.59 Å². The maximum atomic E-state index is 12.5. The molecule has 3 N–H and O–H groups in total. The number of carbonyl (C=O) groups is 2. The molecule has 1 aliphatic carbocycles. The number of aromatic nitrogens is 2. The van der Waals surface area contributed by atoms with Crippen LogP contribution >= 0.6 is 0 Å². The predicted octanol–water partition coefficient (Wildman–Crippen LogP) is 1.62. The zero-order chi connectivity index (χ0) is 20.3. The molecule has 0 radical (unpaired) electrons. The molecule has 2 aromatic rings. The molecule has 1 aromatic carbocycles. The summed E-state index contributed by atoms with van der Waals surface area (Å²) in [6, 6.07) is 6.66. The third kappa shape index (κ3) is 3.85. The summed E-state index contributed by atoms with van der Waals surface area (Å²) in [6.07, 6.45) is 3.32. The summed E-state index contributed by atoms with van der Waals surface area (Å²) in [6.45, 7) is 2.14. The normalized spacial score (nSPS) is 22.1. The van der Waals surface area contributed by atoms with E-state index >= 15 is 0 Å². The lowest BCUT2D eigenvalue weighted by atomic mass is 9.75. The van der Waals surface area contributed by atoms with Crippen molar-refractivity contribution in [3.63, 3.8) is 0 Å². The van der Waals surface area contributed by atoms with E-state index in [1.165, 1.54) is 4.57 Å². The van der Waals surface area contributed by atoms with Crippen LogP contribution in [-0.4, -0.2) is 32.1 Å². The first-order chi connectivity index (χ1) is 13.4. The minimum atomic E-state index is -1.24. The minimum Gasteiger partial charge on any atom is -0.480 e. The highest BCUT2D eigenvalue weighted by Gasteiger charge is 2.42. The molecule has 1 saturated carbocycles. The first-order valence-electron chi connectivity index (χ1n) is 9.62. The number of rotatable bonds is 6. The lowest BCUT2D eigenvalue weighted by Crippen LogP contribution is -2.56. The maximum absolute atomic E-state index is 12.5. The van der Waals surface area contributed by atoms with Gasteiger partial charge in [0, 0.05) is 13.0 Å². The van der Waals surface area contributed by atoms with Gasteiger partial charge in [-0.05, 0) is 43.7 Å². The molecule has 28 heavy (non-hydrogen) atoms. The number of H-pyrrole nitrogens is 1. The second-order valence-corrected chi connectivity index (χ2v) is 7.47. The summed E-state index contributed by atoms with van der Waals surface area (Å²) in [5, 5.41) is 12.8. The first-order valence-corrected chi connectivity index (χ1v) is 9.62. The number of para-hydroxylation sites is 1. The molecule has 0 bridgehead atoms. The molecule has 1 heterocycles. The van der Waals surface area contributed by atoms with Crippen molar-refractivity contribution >= 4 is 22.8 Å². The van der Waals surface area contributed by atoms with E-state index in [1.54, 1.807) is 24.3 Å². The van der Waals surface area contributed by atoms with E-state index in [1.807, 2.05) is 0 Å². The van der Waals surface area contributed by atoms with Crippen LogP contribution in [0.2, 0.25) is 0 Å². The topological polar surface area (TPSA) is 121 Å². The number of nitrogens with one attached hydrogen (secondary N) is 2. The van der Waals surface area contributed by atoms with Crippen molar-refractivity contribution in [1.29, 1.82) is 0 Å². The zero-order valence-electron chi connectivity index (χ0n) is 15.9. The predicted molar refractivity (Wildman–Crippen MR) is 104 cm³/mol. The van der Waals surface area contributed by atoms with Crippen molar-refractivity contribution in [3.8, 4) is 0 Å². The Morgan fingerprint density at radius 3 is 2.57 bits per heavy atom. The SMILES string of the molecule is CCC1CCC(NC(=O)CCn2c(=O)[nH]c(=O)c3ccccc32)(C(=O)O)CC1. The summed E-state index contributed by atoms with van der Waals surface area (Å²) >= 11 is 0. The van der Waals surface area contributed by atoms with E-state index in [0.29, 0.717) is 29.7 Å². The van der Waals surface area contributed by atoms with Gasteiger partial charge in [0.15, 0.2) is 0 Å². The number of carbonyl (C=O) groups excluding carboxylic acids is 1. The number of aryl methyl sites for hydroxylation is 1. The standard InChI is InChI=1S/C20H25N3O5/c1-2-13-7-10-20(11-8-13,18(26)27)22-16(24)9-12-23-15-6-4-3-5-14(15)17(25)21-19(23)28/h3-6,13H,2,7-12H2,1H3,(H,22,24)(H,26,27)(H,21,25,28). The van der Waals surface area contributed by atoms with Gasteiger partial charge in [0.25, 0.3) is 5.56 Å². The second kappa shape index (κ2) is 8.00. The number of nitrogens with zero attached hydrogens (tertiary/aromatic N) is 1. The van der Waals surface area contributed by atoms with Gasteiger partial charge in [-0.15, -0.1) is 0 Å². The highest BCUT2D eigenvalue weighted by Crippen LogP contribution is 2.34. The van der Waals surface area contributed by atoms with Crippen LogP contribution in [0.15, 0.2) is 33.9 Å². The number of fused-ring (bicyclic) bond motifs is 1. The fourth-order valence-corrected chi connectivity index (χ4v) is 3.98. The number of hydrogen-bond acceptors (Lipinski definition) is 4. The molecule has 0 aliphatic heterocycles. The number of amides is 1. The number of aliphatic carboxylic acids is 1. The Bertz CT molecular complexity index is 999. The van der Waals surface area contributed by atoms with Gasteiger partial charge in [-0.2, -0.15) is 0 Å². The Morgan fingerprint density at radius 1 is 1.25 bits per heavy atom. The Kier molecular flexibility index (Phi) is 5.67. The van der Waals surface area contributed by atoms with Crippen LogP contribution < -0.4 is 16.6 Å². The van der Waals surface area contributed by atoms with E-state index in [4.69, 9.17) is 0 Å². The number of hydrogen-bond donors (Lipinski definition) is 3. The highest BCUT2D eigenvalue weighted by atomic mass is 16.4. The highest BCUT2D eigenvalue weighted by molar-refractivity contribution is 5.87. The zero-order valence-corrected chi connectivity index (χ0v) is 15.9. The Balaban J connectivity index is 1.74. The average molecular weight is 387 g/mol. The van der Waals surface area contributed by atoms with E-state index in [-0.39, 0.29) is 13.0 Å². The largest absolute Gasteiger partial charge is 0.480 e. The number of carboxylic acid groups (broad SMARTS) is 1. The molecule has 3 rings (SSSR count). The third-order valence-corrected chi connectivity index (χ3v) is 5.79. The van der Waals surface area contributed by atoms with Crippen molar-refractivity contribution in [1.82, 2.24) is 14.9 Å². The van der Waals surface area contributed by atoms with E-state index in [2.05, 4.69) is 17.2 Å². The van der Waals surface area contributed by atoms with E-state index in [0.717, 1.165) is 19.3 Å². The van der Waals surface area contributed by atoms with Crippen molar-refractivity contribution in [3.05, 3.63) is 45.1 Å². The summed E-state index contributed by atoms with van der Waals surface area (Å²) in [5.41, 5.74) is -1.85. The number of benzene rings is 1. The lowest BCUT2D eigenvalue weighted by molar-refractivity contribution is -0.149. The van der Waals surface area contributed by atoms with E-state index in [9.17, 15) is 24.3 Å². The number of carboxylic acids is 1. The van der Waals surface area contributed by atoms with Gasteiger partial charge in [0.05, 0.1) is 10.9 Å². The van der Waals surface area contributed by atoms with E-state index < -0.39 is 28.7 Å². The fraction of sp³-hybridized carbons (Fsp3) is 0.500. The minimum absolute atomic E-state index is 0.0508. The average Bonchev–Trinajstić information content (AvgIpc) is 2.68. The summed E-state index contributed by atoms with van der Waals surface area (Å²) < 4.78 is 1.33. The van der Waals surface area contributed by atoms with Crippen molar-refractivity contribution in [2.24, 2.45) is 5.92 Å². The first kappa shape index (κ1) is 19.9. The molecule has 8 nitrogen and oxygen atoms in total. The summed E-state index contributed by atoms with van der Waals surface area (Å²) in [7, 11) is 0. The molecule has 150 valence electrons. The molecule has 8 heteroatoms. The molecule has 0 saturated heterocycles. The second-order valence-electron chi connectivity index (χ2n) is 7.47. The van der Waals surface area contributed by atoms with Crippen LogP contribution in [-0.2, 0) is 16.1 Å². The molecule has 1 fully saturated rings. The van der Waals surface area contributed by atoms with Crippen LogP contribution in [0.1, 0.15) is 45.4 Å². The molecular weight excluding hydrogens is 362 g/mol. The van der Waals surface area contributed by atoms with Gasteiger partial charge in [0.1, 0.15) is 5.54 Å². The van der Waals surface area contributed by atoms with Crippen molar-refractivity contribution in [2.75, 3.05) is 0 Å². The maximum Gasteiger partial charge on any atom is 0.329 e. The number of aromatic amines is 1. The Hall–Kier alpha value is -2.90. The van der Waals surface area contributed by atoms with Crippen LogP contribution in [0.25, 0.3) is 10.9 Å². The summed E-state index contributed by atoms with van der Waals surface area (Å²) in [4.78, 5) is 50.7. The molecule has 0 spiro atoms. The van der Waals surface area contributed by atoms with Gasteiger partial charge in [-0.1, -0.05) is 25.5 Å². The molecule has 1 amide bonds. The monoisotopic (exact) mass is 387 g/mol. The van der Waals surface area contributed by atoms with Crippen molar-refractivity contribution < 1.29 is 14.7 Å². The van der Waals surface area contributed by atoms with Gasteiger partial charge < -0.3 is 10.4 Å². The van der Waals surface area contributed by atoms with Crippen LogP contribution in [0.4, 0.5) is 0 Å². The van der Waals surface area contributed by atoms with Crippen molar-refractivity contribution in [2.45, 2.75) is 57.5 Å². The smallest absolute Gasteiger partial charge is 0.329 e. The fourth-order valence-electron chi connectivity index (χ4n) is 3.98. The molecule has 0 atom stereocenters. The Morgan fingerprint density at radius 2 is 1.93 bits per heavy atom. The lowest BCUT2D eigenvalue weighted by Gasteiger charge is -2.37. The molecule has 1 aromatic heterocycles. The third-order valence-electron chi connectivity index (χ3n) is 5.79. The van der Waals surface area contributed by atoms with Gasteiger partial charge in [0.2, 0.25) is 5.91 Å². The Labute approximate surface area is 161 Å². The van der Waals surface area contributed by atoms with Crippen LogP contribution in [0.3, 0.4) is 0 Å². The van der Waals surface area contributed by atoms with Crippen LogP contribution in [0, 0.1) is 5.92 Å². The van der Waals surface area contributed by atoms with Gasteiger partial charge >= 0.3 is 11.7 Å². The summed E-state index contributed by atoms with van der Waals surface area (Å²) in [5.74, 6) is -0.933. The molecular formula is C20H25N3O5.